The predicted molar refractivity (Wildman–Crippen MR) is 161 cm³/mol. The third-order valence-electron chi connectivity index (χ3n) is 8.44. The Morgan fingerprint density at radius 3 is 2.74 bits per heavy atom. The van der Waals surface area contributed by atoms with Gasteiger partial charge >= 0.3 is 5.97 Å². The number of ether oxygens (including phenoxy) is 2. The van der Waals surface area contributed by atoms with Gasteiger partial charge < -0.3 is 19.5 Å². The molecule has 12 heteroatoms. The van der Waals surface area contributed by atoms with Crippen molar-refractivity contribution >= 4 is 35.0 Å². The minimum absolute atomic E-state index is 0.0178. The number of nitriles is 1. The first-order chi connectivity index (χ1) is 20.8. The molecule has 2 fully saturated rings. The van der Waals surface area contributed by atoms with Gasteiger partial charge in [-0.2, -0.15) is 10.2 Å². The van der Waals surface area contributed by atoms with Gasteiger partial charge in [0.25, 0.3) is 0 Å². The van der Waals surface area contributed by atoms with Crippen molar-refractivity contribution in [3.05, 3.63) is 70.1 Å². The van der Waals surface area contributed by atoms with E-state index in [1.165, 1.54) is 0 Å². The van der Waals surface area contributed by atoms with Gasteiger partial charge in [-0.1, -0.05) is 29.3 Å². The van der Waals surface area contributed by atoms with E-state index in [1.54, 1.807) is 36.5 Å². The van der Waals surface area contributed by atoms with Gasteiger partial charge in [-0.15, -0.1) is 0 Å². The van der Waals surface area contributed by atoms with Gasteiger partial charge in [0, 0.05) is 48.8 Å². The number of aliphatic carboxylic acids is 1. The summed E-state index contributed by atoms with van der Waals surface area (Å²) in [6, 6.07) is 8.90. The Labute approximate surface area is 260 Å². The third-order valence-corrected chi connectivity index (χ3v) is 8.97. The zero-order chi connectivity index (χ0) is 30.0. The van der Waals surface area contributed by atoms with E-state index >= 15 is 0 Å². The Kier molecular flexibility index (Phi) is 8.57. The van der Waals surface area contributed by atoms with E-state index < -0.39 is 5.97 Å². The van der Waals surface area contributed by atoms with E-state index in [-0.39, 0.29) is 30.2 Å². The SMILES string of the molecule is N#CCC1(CN2C(CN3CCC(Oc4ccnc(COc5ccc(Cl)cc5Cl)n4)CC3)=NC3C=CC(C(=O)O)=CC32)CC1. The lowest BCUT2D eigenvalue weighted by atomic mass is 9.95. The fourth-order valence-corrected chi connectivity index (χ4v) is 6.30. The second kappa shape index (κ2) is 12.5. The van der Waals surface area contributed by atoms with Crippen LogP contribution < -0.4 is 9.47 Å². The van der Waals surface area contributed by atoms with Crippen molar-refractivity contribution in [2.45, 2.75) is 56.9 Å². The molecule has 0 amide bonds. The summed E-state index contributed by atoms with van der Waals surface area (Å²) in [5.74, 6) is 1.53. The number of rotatable bonds is 11. The van der Waals surface area contributed by atoms with E-state index in [1.807, 2.05) is 12.2 Å². The Hall–Kier alpha value is -3.65. The van der Waals surface area contributed by atoms with Crippen molar-refractivity contribution < 1.29 is 19.4 Å². The summed E-state index contributed by atoms with van der Waals surface area (Å²) >= 11 is 12.2. The Balaban J connectivity index is 1.04. The molecule has 1 saturated heterocycles. The minimum Gasteiger partial charge on any atom is -0.484 e. The molecule has 1 saturated carbocycles. The molecule has 6 rings (SSSR count). The number of carboxylic acid groups (broad SMARTS) is 1. The molecule has 2 unspecified atom stereocenters. The number of nitrogens with zero attached hydrogens (tertiary/aromatic N) is 6. The zero-order valence-electron chi connectivity index (χ0n) is 23.5. The molecular weight excluding hydrogens is 591 g/mol. The highest BCUT2D eigenvalue weighted by atomic mass is 35.5. The summed E-state index contributed by atoms with van der Waals surface area (Å²) in [4.78, 5) is 30.1. The van der Waals surface area contributed by atoms with Crippen molar-refractivity contribution in [2.24, 2.45) is 10.4 Å². The number of fused-ring (bicyclic) bond motifs is 1. The second-order valence-electron chi connectivity index (χ2n) is 11.5. The van der Waals surface area contributed by atoms with Gasteiger partial charge in [-0.05, 0) is 56.0 Å². The number of piperidine rings is 1. The van der Waals surface area contributed by atoms with Crippen LogP contribution in [-0.2, 0) is 11.4 Å². The smallest absolute Gasteiger partial charge is 0.335 e. The predicted octanol–water partition coefficient (Wildman–Crippen LogP) is 4.93. The fourth-order valence-electron chi connectivity index (χ4n) is 5.84. The van der Waals surface area contributed by atoms with E-state index in [4.69, 9.17) is 37.7 Å². The van der Waals surface area contributed by atoms with Gasteiger partial charge in [-0.3, -0.25) is 9.89 Å². The number of likely N-dealkylation sites (tertiary alicyclic amines) is 1. The van der Waals surface area contributed by atoms with Crippen molar-refractivity contribution in [3.63, 3.8) is 0 Å². The summed E-state index contributed by atoms with van der Waals surface area (Å²) in [6.07, 6.45) is 11.2. The highest BCUT2D eigenvalue weighted by molar-refractivity contribution is 6.35. The first kappa shape index (κ1) is 29.4. The molecule has 0 spiro atoms. The summed E-state index contributed by atoms with van der Waals surface area (Å²) in [5.41, 5.74) is 0.269. The largest absolute Gasteiger partial charge is 0.484 e. The number of benzene rings is 1. The molecule has 1 aromatic heterocycles. The van der Waals surface area contributed by atoms with Crippen LogP contribution in [0.5, 0.6) is 11.6 Å². The average molecular weight is 624 g/mol. The van der Waals surface area contributed by atoms with Crippen LogP contribution in [0.4, 0.5) is 0 Å². The van der Waals surface area contributed by atoms with Crippen molar-refractivity contribution in [2.75, 3.05) is 26.2 Å². The number of aromatic nitrogens is 2. The van der Waals surface area contributed by atoms with Crippen LogP contribution in [0.1, 0.15) is 37.9 Å². The molecule has 2 aliphatic heterocycles. The standard InChI is InChI=1S/C31H32Cl2N6O4/c32-21-2-4-26(23(33)16-21)42-18-27-35-12-5-29(37-27)43-22-6-13-38(14-7-22)17-28-36-24-3-1-20(30(40)41)15-25(24)39(28)19-31(8-9-31)10-11-34/h1-5,12,15-16,22,24-25H,6-10,13-14,17-19H2,(H,40,41). The lowest BCUT2D eigenvalue weighted by molar-refractivity contribution is -0.132. The van der Waals surface area contributed by atoms with Crippen LogP contribution in [0.15, 0.2) is 59.3 Å². The van der Waals surface area contributed by atoms with Gasteiger partial charge in [0.05, 0.1) is 35.3 Å². The first-order valence-electron chi connectivity index (χ1n) is 14.4. The fraction of sp³-hybridized carbons (Fsp3) is 0.452. The second-order valence-corrected chi connectivity index (χ2v) is 12.4. The number of hydrogen-bond donors (Lipinski definition) is 1. The number of carbonyl (C=O) groups is 1. The van der Waals surface area contributed by atoms with Crippen molar-refractivity contribution in [1.29, 1.82) is 5.26 Å². The van der Waals surface area contributed by atoms with Crippen LogP contribution in [0.2, 0.25) is 10.0 Å². The molecule has 2 aromatic rings. The lowest BCUT2D eigenvalue weighted by Crippen LogP contribution is -2.48. The lowest BCUT2D eigenvalue weighted by Gasteiger charge is -2.36. The number of aliphatic imine (C=N–C) groups is 1. The summed E-state index contributed by atoms with van der Waals surface area (Å²) in [5, 5.41) is 19.9. The van der Waals surface area contributed by atoms with E-state index in [2.05, 4.69) is 25.8 Å². The number of carboxylic acids is 1. The molecule has 224 valence electrons. The molecule has 3 heterocycles. The summed E-state index contributed by atoms with van der Waals surface area (Å²) in [7, 11) is 0. The molecule has 10 nitrogen and oxygen atoms in total. The van der Waals surface area contributed by atoms with Gasteiger partial charge in [0.1, 0.15) is 24.3 Å². The molecular formula is C31H32Cl2N6O4. The summed E-state index contributed by atoms with van der Waals surface area (Å²) in [6.45, 7) is 3.21. The molecule has 1 aromatic carbocycles. The molecule has 0 bridgehead atoms. The topological polar surface area (TPSA) is 124 Å². The van der Waals surface area contributed by atoms with E-state index in [9.17, 15) is 15.2 Å². The Morgan fingerprint density at radius 2 is 2.02 bits per heavy atom. The molecule has 0 radical (unpaired) electrons. The maximum Gasteiger partial charge on any atom is 0.335 e. The number of amidine groups is 1. The third kappa shape index (κ3) is 6.96. The maximum atomic E-state index is 11.7. The molecule has 1 N–H and O–H groups in total. The normalized spacial score (nSPS) is 22.8. The first-order valence-corrected chi connectivity index (χ1v) is 15.2. The molecule has 4 aliphatic rings. The van der Waals surface area contributed by atoms with E-state index in [0.717, 1.165) is 51.2 Å². The van der Waals surface area contributed by atoms with Crippen molar-refractivity contribution in [3.8, 4) is 17.7 Å². The highest BCUT2D eigenvalue weighted by Crippen LogP contribution is 2.50. The van der Waals surface area contributed by atoms with Crippen LogP contribution in [-0.4, -0.2) is 81.0 Å². The van der Waals surface area contributed by atoms with Crippen molar-refractivity contribution in [1.82, 2.24) is 19.8 Å². The van der Waals surface area contributed by atoms with Crippen LogP contribution >= 0.6 is 23.2 Å². The van der Waals surface area contributed by atoms with Gasteiger partial charge in [0.2, 0.25) is 5.88 Å². The van der Waals surface area contributed by atoms with Crippen LogP contribution in [0.3, 0.4) is 0 Å². The summed E-state index contributed by atoms with van der Waals surface area (Å²) < 4.78 is 12.0. The van der Waals surface area contributed by atoms with E-state index in [0.29, 0.717) is 46.0 Å². The number of halogens is 2. The van der Waals surface area contributed by atoms with Crippen LogP contribution in [0.25, 0.3) is 0 Å². The molecule has 2 atom stereocenters. The minimum atomic E-state index is -0.933. The van der Waals surface area contributed by atoms with Gasteiger partial charge in [0.15, 0.2) is 5.82 Å². The Bertz CT molecular complexity index is 1510. The zero-order valence-corrected chi connectivity index (χ0v) is 25.0. The van der Waals surface area contributed by atoms with Gasteiger partial charge in [-0.25, -0.2) is 9.78 Å². The maximum absolute atomic E-state index is 11.7. The highest BCUT2D eigenvalue weighted by Gasteiger charge is 2.48. The monoisotopic (exact) mass is 622 g/mol. The van der Waals surface area contributed by atoms with Crippen LogP contribution in [0, 0.1) is 16.7 Å². The Morgan fingerprint density at radius 1 is 1.21 bits per heavy atom. The quantitative estimate of drug-likeness (QED) is 0.371. The number of hydrogen-bond acceptors (Lipinski definition) is 9. The average Bonchev–Trinajstić information content (AvgIpc) is 3.67. The molecule has 43 heavy (non-hydrogen) atoms. The molecule has 2 aliphatic carbocycles.